The zero-order valence-electron chi connectivity index (χ0n) is 15.6. The number of rotatable bonds is 3. The highest BCUT2D eigenvalue weighted by Gasteiger charge is 2.48. The van der Waals surface area contributed by atoms with Crippen molar-refractivity contribution in [3.05, 3.63) is 30.3 Å². The Labute approximate surface area is 153 Å². The number of ether oxygens (including phenoxy) is 2. The van der Waals surface area contributed by atoms with Gasteiger partial charge in [0.05, 0.1) is 0 Å². The van der Waals surface area contributed by atoms with E-state index in [1.807, 2.05) is 6.07 Å². The molecule has 26 heavy (non-hydrogen) atoms. The zero-order chi connectivity index (χ0) is 18.9. The highest BCUT2D eigenvalue weighted by Crippen LogP contribution is 2.49. The Bertz CT molecular complexity index is 720. The SMILES string of the molecule is CC(C)(C)OC(=O)N1N=C(C2(C)CC2)CC1NC(=O)Oc1ccccc1. The Morgan fingerprint density at radius 2 is 1.88 bits per heavy atom. The largest absolute Gasteiger partial charge is 0.442 e. The van der Waals surface area contributed by atoms with E-state index < -0.39 is 24.0 Å². The van der Waals surface area contributed by atoms with E-state index >= 15 is 0 Å². The third-order valence-corrected chi connectivity index (χ3v) is 4.43. The molecule has 1 heterocycles. The number of nitrogens with zero attached hydrogens (tertiary/aromatic N) is 2. The van der Waals surface area contributed by atoms with Crippen LogP contribution in [-0.4, -0.2) is 34.7 Å². The minimum absolute atomic E-state index is 0.0139. The van der Waals surface area contributed by atoms with E-state index in [4.69, 9.17) is 9.47 Å². The lowest BCUT2D eigenvalue weighted by atomic mass is 10.00. The van der Waals surface area contributed by atoms with Gasteiger partial charge in [0.1, 0.15) is 17.5 Å². The average molecular weight is 359 g/mol. The van der Waals surface area contributed by atoms with Crippen LogP contribution in [0.5, 0.6) is 5.75 Å². The van der Waals surface area contributed by atoms with Crippen LogP contribution in [-0.2, 0) is 4.74 Å². The van der Waals surface area contributed by atoms with E-state index in [2.05, 4.69) is 17.3 Å². The molecule has 7 nitrogen and oxygen atoms in total. The summed E-state index contributed by atoms with van der Waals surface area (Å²) in [4.78, 5) is 24.7. The molecule has 1 N–H and O–H groups in total. The van der Waals surface area contributed by atoms with Gasteiger partial charge in [0.15, 0.2) is 0 Å². The van der Waals surface area contributed by atoms with Crippen LogP contribution in [0, 0.1) is 5.41 Å². The Morgan fingerprint density at radius 1 is 1.23 bits per heavy atom. The zero-order valence-corrected chi connectivity index (χ0v) is 15.6. The maximum atomic E-state index is 12.5. The van der Waals surface area contributed by atoms with Crippen LogP contribution < -0.4 is 10.1 Å². The Kier molecular flexibility index (Phi) is 4.64. The van der Waals surface area contributed by atoms with Crippen molar-refractivity contribution < 1.29 is 19.1 Å². The van der Waals surface area contributed by atoms with Crippen molar-refractivity contribution >= 4 is 17.9 Å². The van der Waals surface area contributed by atoms with Crippen molar-refractivity contribution in [3.8, 4) is 5.75 Å². The molecule has 1 aromatic rings. The predicted octanol–water partition coefficient (Wildman–Crippen LogP) is 3.90. The summed E-state index contributed by atoms with van der Waals surface area (Å²) in [6.07, 6.45) is 0.715. The topological polar surface area (TPSA) is 80.2 Å². The number of amides is 2. The molecule has 140 valence electrons. The fraction of sp³-hybridized carbons (Fsp3) is 0.526. The highest BCUT2D eigenvalue weighted by atomic mass is 16.6. The smallest absolute Gasteiger partial charge is 0.432 e. The highest BCUT2D eigenvalue weighted by molar-refractivity contribution is 5.95. The molecule has 1 unspecified atom stereocenters. The van der Waals surface area contributed by atoms with E-state index in [0.29, 0.717) is 12.2 Å². The molecule has 1 aliphatic carbocycles. The summed E-state index contributed by atoms with van der Waals surface area (Å²) in [6.45, 7) is 7.49. The summed E-state index contributed by atoms with van der Waals surface area (Å²) in [5.41, 5.74) is 0.280. The van der Waals surface area contributed by atoms with Gasteiger partial charge in [-0.3, -0.25) is 5.32 Å². The molecule has 3 rings (SSSR count). The van der Waals surface area contributed by atoms with Crippen LogP contribution in [0.4, 0.5) is 9.59 Å². The van der Waals surface area contributed by atoms with Gasteiger partial charge in [0, 0.05) is 17.5 Å². The number of para-hydroxylation sites is 1. The van der Waals surface area contributed by atoms with Crippen LogP contribution in [0.15, 0.2) is 35.4 Å². The molecule has 0 aromatic heterocycles. The van der Waals surface area contributed by atoms with Gasteiger partial charge in [0.2, 0.25) is 0 Å². The summed E-state index contributed by atoms with van der Waals surface area (Å²) in [5.74, 6) is 0.433. The van der Waals surface area contributed by atoms with Gasteiger partial charge >= 0.3 is 12.2 Å². The first-order chi connectivity index (χ1) is 12.2. The lowest BCUT2D eigenvalue weighted by molar-refractivity contribution is 0.0174. The van der Waals surface area contributed by atoms with Gasteiger partial charge < -0.3 is 9.47 Å². The van der Waals surface area contributed by atoms with Gasteiger partial charge in [-0.25, -0.2) is 9.59 Å². The normalized spacial score (nSPS) is 21.0. The van der Waals surface area contributed by atoms with Gasteiger partial charge in [-0.1, -0.05) is 25.1 Å². The van der Waals surface area contributed by atoms with Crippen molar-refractivity contribution in [1.29, 1.82) is 0 Å². The molecule has 0 spiro atoms. The van der Waals surface area contributed by atoms with E-state index in [0.717, 1.165) is 18.6 Å². The quantitative estimate of drug-likeness (QED) is 0.887. The Hall–Kier alpha value is -2.57. The molecule has 0 bridgehead atoms. The first-order valence-corrected chi connectivity index (χ1v) is 8.80. The summed E-state index contributed by atoms with van der Waals surface area (Å²) in [6, 6.07) is 8.77. The Morgan fingerprint density at radius 3 is 2.46 bits per heavy atom. The lowest BCUT2D eigenvalue weighted by Gasteiger charge is -2.26. The average Bonchev–Trinajstić information content (AvgIpc) is 3.14. The summed E-state index contributed by atoms with van der Waals surface area (Å²) >= 11 is 0. The minimum atomic E-state index is -0.645. The third-order valence-electron chi connectivity index (χ3n) is 4.43. The molecule has 2 aliphatic rings. The monoisotopic (exact) mass is 359 g/mol. The maximum absolute atomic E-state index is 12.5. The van der Waals surface area contributed by atoms with E-state index in [1.165, 1.54) is 5.01 Å². The second kappa shape index (κ2) is 6.63. The molecular formula is C19H25N3O4. The van der Waals surface area contributed by atoms with Gasteiger partial charge in [-0.05, 0) is 45.7 Å². The first-order valence-electron chi connectivity index (χ1n) is 8.80. The molecule has 1 aromatic carbocycles. The van der Waals surface area contributed by atoms with Crippen LogP contribution in [0.3, 0.4) is 0 Å². The summed E-state index contributed by atoms with van der Waals surface area (Å²) in [7, 11) is 0. The molecule has 7 heteroatoms. The van der Waals surface area contributed by atoms with Crippen LogP contribution in [0.1, 0.15) is 47.0 Å². The minimum Gasteiger partial charge on any atom is -0.442 e. The fourth-order valence-electron chi connectivity index (χ4n) is 2.70. The summed E-state index contributed by atoms with van der Waals surface area (Å²) in [5, 5.41) is 8.39. The van der Waals surface area contributed by atoms with Crippen LogP contribution >= 0.6 is 0 Å². The van der Waals surface area contributed by atoms with Crippen molar-refractivity contribution in [2.75, 3.05) is 0 Å². The molecule has 1 atom stereocenters. The number of carbonyl (C=O) groups excluding carboxylic acids is 2. The lowest BCUT2D eigenvalue weighted by Crippen LogP contribution is -2.48. The van der Waals surface area contributed by atoms with E-state index in [-0.39, 0.29) is 5.41 Å². The molecule has 2 amide bonds. The van der Waals surface area contributed by atoms with Gasteiger partial charge in [0.25, 0.3) is 0 Å². The van der Waals surface area contributed by atoms with E-state index in [9.17, 15) is 9.59 Å². The first kappa shape index (κ1) is 18.2. The molecule has 0 radical (unpaired) electrons. The van der Waals surface area contributed by atoms with Gasteiger partial charge in [-0.2, -0.15) is 10.1 Å². The molecule has 0 saturated heterocycles. The van der Waals surface area contributed by atoms with Crippen molar-refractivity contribution in [1.82, 2.24) is 10.3 Å². The third kappa shape index (κ3) is 4.33. The van der Waals surface area contributed by atoms with Crippen LogP contribution in [0.2, 0.25) is 0 Å². The predicted molar refractivity (Wildman–Crippen MR) is 96.9 cm³/mol. The second-order valence-corrected chi connectivity index (χ2v) is 8.00. The standard InChI is InChI=1S/C19H25N3O4/c1-18(2,3)26-17(24)22-15(12-14(21-22)19(4)10-11-19)20-16(23)25-13-8-6-5-7-9-13/h5-9,15H,10-12H2,1-4H3,(H,20,23). The molecule has 1 saturated carbocycles. The second-order valence-electron chi connectivity index (χ2n) is 8.00. The number of hydrogen-bond donors (Lipinski definition) is 1. The number of carbonyl (C=O) groups is 2. The number of nitrogens with one attached hydrogen (secondary N) is 1. The molecule has 1 fully saturated rings. The van der Waals surface area contributed by atoms with Crippen molar-refractivity contribution in [2.45, 2.75) is 58.7 Å². The van der Waals surface area contributed by atoms with Crippen molar-refractivity contribution in [2.24, 2.45) is 10.5 Å². The number of hydrazone groups is 1. The molecule has 1 aliphatic heterocycles. The Balaban J connectivity index is 1.69. The molecular weight excluding hydrogens is 334 g/mol. The number of benzene rings is 1. The van der Waals surface area contributed by atoms with E-state index in [1.54, 1.807) is 45.0 Å². The maximum Gasteiger partial charge on any atom is 0.432 e. The van der Waals surface area contributed by atoms with Gasteiger partial charge in [-0.15, -0.1) is 0 Å². The van der Waals surface area contributed by atoms with Crippen molar-refractivity contribution in [3.63, 3.8) is 0 Å². The number of hydrogen-bond acceptors (Lipinski definition) is 5. The fourth-order valence-corrected chi connectivity index (χ4v) is 2.70. The van der Waals surface area contributed by atoms with Crippen LogP contribution in [0.25, 0.3) is 0 Å². The summed E-state index contributed by atoms with van der Waals surface area (Å²) < 4.78 is 10.7.